The first-order valence-corrected chi connectivity index (χ1v) is 7.92. The van der Waals surface area contributed by atoms with Crippen molar-refractivity contribution in [3.63, 3.8) is 0 Å². The summed E-state index contributed by atoms with van der Waals surface area (Å²) in [5.74, 6) is 1.07. The van der Waals surface area contributed by atoms with Crippen molar-refractivity contribution in [3.8, 4) is 5.75 Å². The fourth-order valence-electron chi connectivity index (χ4n) is 3.34. The Hall–Kier alpha value is -1.06. The molecule has 0 bridgehead atoms. The van der Waals surface area contributed by atoms with E-state index in [4.69, 9.17) is 9.47 Å². The molecule has 0 radical (unpaired) electrons. The third-order valence-corrected chi connectivity index (χ3v) is 4.35. The third-order valence-electron chi connectivity index (χ3n) is 4.35. The van der Waals surface area contributed by atoms with Crippen molar-refractivity contribution in [1.29, 1.82) is 0 Å². The Morgan fingerprint density at radius 1 is 1.35 bits per heavy atom. The van der Waals surface area contributed by atoms with Crippen LogP contribution < -0.4 is 10.1 Å². The average molecular weight is 275 g/mol. The van der Waals surface area contributed by atoms with Crippen LogP contribution in [0.5, 0.6) is 5.75 Å². The van der Waals surface area contributed by atoms with E-state index >= 15 is 0 Å². The fourth-order valence-corrected chi connectivity index (χ4v) is 3.34. The van der Waals surface area contributed by atoms with Gasteiger partial charge in [0.15, 0.2) is 0 Å². The SMILES string of the molecule is CCNC(c1ccc2c(c1)CCCO2)C1CCC(C)O1. The molecule has 0 aliphatic carbocycles. The molecule has 0 aromatic heterocycles. The predicted molar refractivity (Wildman–Crippen MR) is 80.2 cm³/mol. The van der Waals surface area contributed by atoms with Crippen molar-refractivity contribution in [2.45, 2.75) is 57.8 Å². The summed E-state index contributed by atoms with van der Waals surface area (Å²) >= 11 is 0. The van der Waals surface area contributed by atoms with E-state index < -0.39 is 0 Å². The number of benzene rings is 1. The summed E-state index contributed by atoms with van der Waals surface area (Å²) in [6.07, 6.45) is 5.26. The molecule has 2 aliphatic heterocycles. The van der Waals surface area contributed by atoms with Crippen LogP contribution in [0.3, 0.4) is 0 Å². The lowest BCUT2D eigenvalue weighted by Crippen LogP contribution is -2.32. The summed E-state index contributed by atoms with van der Waals surface area (Å²) in [4.78, 5) is 0. The Morgan fingerprint density at radius 3 is 3.00 bits per heavy atom. The van der Waals surface area contributed by atoms with Gasteiger partial charge in [0.25, 0.3) is 0 Å². The van der Waals surface area contributed by atoms with Gasteiger partial charge in [0.1, 0.15) is 5.75 Å². The van der Waals surface area contributed by atoms with E-state index in [1.807, 2.05) is 0 Å². The molecule has 2 aliphatic rings. The zero-order valence-electron chi connectivity index (χ0n) is 12.5. The molecule has 0 spiro atoms. The van der Waals surface area contributed by atoms with E-state index in [1.165, 1.54) is 17.5 Å². The van der Waals surface area contributed by atoms with E-state index in [1.54, 1.807) is 0 Å². The molecular weight excluding hydrogens is 250 g/mol. The maximum atomic E-state index is 6.08. The Morgan fingerprint density at radius 2 is 2.25 bits per heavy atom. The van der Waals surface area contributed by atoms with Gasteiger partial charge in [-0.1, -0.05) is 19.1 Å². The number of fused-ring (bicyclic) bond motifs is 1. The zero-order valence-corrected chi connectivity index (χ0v) is 12.5. The van der Waals surface area contributed by atoms with Crippen molar-refractivity contribution in [1.82, 2.24) is 5.32 Å². The summed E-state index contributed by atoms with van der Waals surface area (Å²) in [5, 5.41) is 3.60. The molecular formula is C17H25NO2. The highest BCUT2D eigenvalue weighted by Gasteiger charge is 2.30. The minimum absolute atomic E-state index is 0.299. The lowest BCUT2D eigenvalue weighted by Gasteiger charge is -2.26. The molecule has 0 saturated carbocycles. The second-order valence-electron chi connectivity index (χ2n) is 5.92. The van der Waals surface area contributed by atoms with Gasteiger partial charge in [-0.05, 0) is 56.3 Å². The molecule has 3 rings (SSSR count). The van der Waals surface area contributed by atoms with Gasteiger partial charge in [0, 0.05) is 0 Å². The van der Waals surface area contributed by atoms with Crippen LogP contribution in [0, 0.1) is 0 Å². The van der Waals surface area contributed by atoms with Gasteiger partial charge in [-0.2, -0.15) is 0 Å². The van der Waals surface area contributed by atoms with Gasteiger partial charge in [0.2, 0.25) is 0 Å². The number of rotatable bonds is 4. The van der Waals surface area contributed by atoms with Crippen LogP contribution in [0.25, 0.3) is 0 Å². The lowest BCUT2D eigenvalue weighted by molar-refractivity contribution is 0.0319. The highest BCUT2D eigenvalue weighted by atomic mass is 16.5. The van der Waals surface area contributed by atoms with Crippen molar-refractivity contribution in [2.24, 2.45) is 0 Å². The Balaban J connectivity index is 1.83. The monoisotopic (exact) mass is 275 g/mol. The average Bonchev–Trinajstić information content (AvgIpc) is 2.90. The second-order valence-corrected chi connectivity index (χ2v) is 5.92. The van der Waals surface area contributed by atoms with Gasteiger partial charge in [0.05, 0.1) is 24.9 Å². The highest BCUT2D eigenvalue weighted by Crippen LogP contribution is 2.33. The molecule has 3 heteroatoms. The molecule has 1 aromatic carbocycles. The van der Waals surface area contributed by atoms with Crippen LogP contribution in [0.4, 0.5) is 0 Å². The first kappa shape index (κ1) is 13.9. The number of aryl methyl sites for hydroxylation is 1. The molecule has 1 fully saturated rings. The highest BCUT2D eigenvalue weighted by molar-refractivity contribution is 5.40. The molecule has 2 heterocycles. The zero-order chi connectivity index (χ0) is 13.9. The second kappa shape index (κ2) is 6.15. The smallest absolute Gasteiger partial charge is 0.122 e. The van der Waals surface area contributed by atoms with Gasteiger partial charge < -0.3 is 14.8 Å². The first-order valence-electron chi connectivity index (χ1n) is 7.92. The van der Waals surface area contributed by atoms with E-state index in [-0.39, 0.29) is 0 Å². The molecule has 1 N–H and O–H groups in total. The largest absolute Gasteiger partial charge is 0.493 e. The van der Waals surface area contributed by atoms with Crippen LogP contribution in [-0.2, 0) is 11.2 Å². The predicted octanol–water partition coefficient (Wildman–Crippen LogP) is 3.23. The molecule has 0 amide bonds. The Labute approximate surface area is 121 Å². The maximum absolute atomic E-state index is 6.08. The van der Waals surface area contributed by atoms with Crippen molar-refractivity contribution in [2.75, 3.05) is 13.2 Å². The number of ether oxygens (including phenoxy) is 2. The summed E-state index contributed by atoms with van der Waals surface area (Å²) < 4.78 is 11.8. The number of nitrogens with one attached hydrogen (secondary N) is 1. The van der Waals surface area contributed by atoms with Crippen LogP contribution >= 0.6 is 0 Å². The Kier molecular flexibility index (Phi) is 4.27. The van der Waals surface area contributed by atoms with Crippen molar-refractivity contribution in [3.05, 3.63) is 29.3 Å². The molecule has 1 aromatic rings. The number of hydrogen-bond acceptors (Lipinski definition) is 3. The molecule has 3 nitrogen and oxygen atoms in total. The van der Waals surface area contributed by atoms with E-state index in [2.05, 4.69) is 37.4 Å². The van der Waals surface area contributed by atoms with Crippen molar-refractivity contribution < 1.29 is 9.47 Å². The first-order chi connectivity index (χ1) is 9.78. The van der Waals surface area contributed by atoms with Crippen LogP contribution in [-0.4, -0.2) is 25.4 Å². The Bertz CT molecular complexity index is 460. The quantitative estimate of drug-likeness (QED) is 0.915. The summed E-state index contributed by atoms with van der Waals surface area (Å²) in [6.45, 7) is 6.15. The van der Waals surface area contributed by atoms with Crippen molar-refractivity contribution >= 4 is 0 Å². The minimum Gasteiger partial charge on any atom is -0.493 e. The van der Waals surface area contributed by atoms with Gasteiger partial charge >= 0.3 is 0 Å². The van der Waals surface area contributed by atoms with Crippen LogP contribution in [0.2, 0.25) is 0 Å². The lowest BCUT2D eigenvalue weighted by atomic mass is 9.95. The van der Waals surface area contributed by atoms with Crippen LogP contribution in [0.1, 0.15) is 50.3 Å². The molecule has 20 heavy (non-hydrogen) atoms. The fraction of sp³-hybridized carbons (Fsp3) is 0.647. The third kappa shape index (κ3) is 2.84. The van der Waals surface area contributed by atoms with E-state index in [0.29, 0.717) is 18.2 Å². The van der Waals surface area contributed by atoms with Gasteiger partial charge in [-0.3, -0.25) is 0 Å². The summed E-state index contributed by atoms with van der Waals surface area (Å²) in [5.41, 5.74) is 2.69. The normalized spacial score (nSPS) is 26.9. The number of hydrogen-bond donors (Lipinski definition) is 1. The number of likely N-dealkylation sites (N-methyl/N-ethyl adjacent to an activating group) is 1. The molecule has 3 unspecified atom stereocenters. The summed E-state index contributed by atoms with van der Waals surface area (Å²) in [7, 11) is 0. The minimum atomic E-state index is 0.299. The summed E-state index contributed by atoms with van der Waals surface area (Å²) in [6, 6.07) is 6.95. The standard InChI is InChI=1S/C17H25NO2/c1-3-18-17(16-8-6-12(2)20-16)14-7-9-15-13(11-14)5-4-10-19-15/h7,9,11-12,16-18H,3-6,8,10H2,1-2H3. The molecule has 3 atom stereocenters. The van der Waals surface area contributed by atoms with Crippen LogP contribution in [0.15, 0.2) is 18.2 Å². The van der Waals surface area contributed by atoms with E-state index in [9.17, 15) is 0 Å². The molecule has 1 saturated heterocycles. The van der Waals surface area contributed by atoms with E-state index in [0.717, 1.165) is 38.2 Å². The van der Waals surface area contributed by atoms with Gasteiger partial charge in [-0.15, -0.1) is 0 Å². The maximum Gasteiger partial charge on any atom is 0.122 e. The topological polar surface area (TPSA) is 30.5 Å². The van der Waals surface area contributed by atoms with Gasteiger partial charge in [-0.25, -0.2) is 0 Å². The molecule has 110 valence electrons.